The third-order valence-electron chi connectivity index (χ3n) is 5.88. The van der Waals surface area contributed by atoms with Crippen molar-refractivity contribution >= 4 is 40.2 Å². The summed E-state index contributed by atoms with van der Waals surface area (Å²) in [5.74, 6) is -0.155. The molecule has 5 rings (SSSR count). The summed E-state index contributed by atoms with van der Waals surface area (Å²) in [4.78, 5) is 37.8. The highest BCUT2D eigenvalue weighted by molar-refractivity contribution is 6.08. The summed E-state index contributed by atoms with van der Waals surface area (Å²) in [6.45, 7) is 3.15. The molecule has 0 spiro atoms. The molecular weight excluding hydrogens is 439 g/mol. The molecule has 1 fully saturated rings. The van der Waals surface area contributed by atoms with Gasteiger partial charge in [-0.2, -0.15) is 18.3 Å². The van der Waals surface area contributed by atoms with Crippen LogP contribution in [0.5, 0.6) is 0 Å². The maximum absolute atomic E-state index is 13.3. The molecule has 1 saturated heterocycles. The molecule has 9 nitrogen and oxygen atoms in total. The molecule has 0 saturated carbocycles. The van der Waals surface area contributed by atoms with E-state index in [2.05, 4.69) is 30.4 Å². The van der Waals surface area contributed by atoms with Crippen molar-refractivity contribution in [2.24, 2.45) is 0 Å². The minimum Gasteiger partial charge on any atom is -0.366 e. The fraction of sp³-hybridized carbons (Fsp3) is 0.381. The minimum absolute atomic E-state index is 0.0943. The number of carbonyl (C=O) groups is 2. The number of nitrogens with zero attached hydrogens (tertiary/aromatic N) is 5. The smallest absolute Gasteiger partial charge is 0.366 e. The van der Waals surface area contributed by atoms with Gasteiger partial charge in [0.1, 0.15) is 5.69 Å². The number of rotatable bonds is 4. The lowest BCUT2D eigenvalue weighted by Crippen LogP contribution is -2.48. The molecule has 0 unspecified atom stereocenters. The molecule has 12 heteroatoms. The second-order valence-electron chi connectivity index (χ2n) is 8.19. The lowest BCUT2D eigenvalue weighted by Gasteiger charge is -2.35. The zero-order valence-corrected chi connectivity index (χ0v) is 17.6. The van der Waals surface area contributed by atoms with Crippen LogP contribution in [0.3, 0.4) is 0 Å². The second kappa shape index (κ2) is 7.71. The molecule has 3 aromatic heterocycles. The van der Waals surface area contributed by atoms with Crippen molar-refractivity contribution in [1.82, 2.24) is 20.2 Å². The van der Waals surface area contributed by atoms with Gasteiger partial charge < -0.3 is 4.90 Å². The maximum atomic E-state index is 13.3. The molecule has 33 heavy (non-hydrogen) atoms. The quantitative estimate of drug-likeness (QED) is 0.575. The monoisotopic (exact) mass is 459 g/mol. The summed E-state index contributed by atoms with van der Waals surface area (Å²) >= 11 is 0. The molecule has 1 atom stereocenters. The lowest BCUT2D eigenvalue weighted by molar-refractivity contribution is -0.133. The van der Waals surface area contributed by atoms with Crippen LogP contribution in [0.25, 0.3) is 11.0 Å². The molecule has 0 aliphatic carbocycles. The van der Waals surface area contributed by atoms with Crippen molar-refractivity contribution in [3.63, 3.8) is 0 Å². The summed E-state index contributed by atoms with van der Waals surface area (Å²) in [7, 11) is 0. The standard InChI is InChI=1S/C21H20F3N7O2/c1-11-2-3-13-17(25-11)28-29-18(13)27-20(33)31-12-7-9-30(10-12)15-5-4-14(26-19(15)31)16(32)6-8-21(22,23)24/h2-5,12H,6-10H2,1H3,(H2,25,27,28,29,33)/t12-/m0/s1. The highest BCUT2D eigenvalue weighted by Gasteiger charge is 2.41. The van der Waals surface area contributed by atoms with Crippen LogP contribution in [0.4, 0.5) is 35.3 Å². The third kappa shape index (κ3) is 3.96. The van der Waals surface area contributed by atoms with Gasteiger partial charge in [0.15, 0.2) is 23.1 Å². The van der Waals surface area contributed by atoms with E-state index in [9.17, 15) is 22.8 Å². The molecule has 0 radical (unpaired) electrons. The van der Waals surface area contributed by atoms with Gasteiger partial charge >= 0.3 is 12.2 Å². The van der Waals surface area contributed by atoms with E-state index in [1.54, 1.807) is 18.2 Å². The van der Waals surface area contributed by atoms with E-state index in [-0.39, 0.29) is 17.6 Å². The van der Waals surface area contributed by atoms with E-state index in [0.29, 0.717) is 42.0 Å². The Morgan fingerprint density at radius 1 is 1.21 bits per heavy atom. The Morgan fingerprint density at radius 2 is 2.03 bits per heavy atom. The molecule has 2 bridgehead atoms. The number of H-pyrrole nitrogens is 1. The Morgan fingerprint density at radius 3 is 2.82 bits per heavy atom. The van der Waals surface area contributed by atoms with Crippen molar-refractivity contribution in [3.05, 3.63) is 35.7 Å². The number of ketones is 1. The number of nitrogens with one attached hydrogen (secondary N) is 2. The van der Waals surface area contributed by atoms with Crippen LogP contribution >= 0.6 is 0 Å². The van der Waals surface area contributed by atoms with E-state index < -0.39 is 30.8 Å². The van der Waals surface area contributed by atoms with Gasteiger partial charge in [-0.05, 0) is 37.6 Å². The summed E-state index contributed by atoms with van der Waals surface area (Å²) in [6, 6.07) is 6.00. The molecule has 2 aliphatic rings. The van der Waals surface area contributed by atoms with Crippen LogP contribution in [0, 0.1) is 6.92 Å². The van der Waals surface area contributed by atoms with Gasteiger partial charge in [0, 0.05) is 25.2 Å². The Bertz CT molecular complexity index is 1260. The topological polar surface area (TPSA) is 107 Å². The van der Waals surface area contributed by atoms with Gasteiger partial charge in [-0.15, -0.1) is 0 Å². The van der Waals surface area contributed by atoms with Gasteiger partial charge in [0.2, 0.25) is 0 Å². The Balaban J connectivity index is 1.44. The highest BCUT2D eigenvalue weighted by atomic mass is 19.4. The number of pyridine rings is 2. The molecule has 5 heterocycles. The van der Waals surface area contributed by atoms with Crippen LogP contribution < -0.4 is 15.1 Å². The number of alkyl halides is 3. The molecule has 3 aromatic rings. The molecule has 2 aliphatic heterocycles. The first-order chi connectivity index (χ1) is 15.7. The molecule has 0 aromatic carbocycles. The van der Waals surface area contributed by atoms with E-state index >= 15 is 0 Å². The van der Waals surface area contributed by atoms with Crippen molar-refractivity contribution in [1.29, 1.82) is 0 Å². The van der Waals surface area contributed by atoms with Crippen molar-refractivity contribution < 1.29 is 22.8 Å². The summed E-state index contributed by atoms with van der Waals surface area (Å²) in [6.07, 6.45) is -5.65. The number of aryl methyl sites for hydroxylation is 1. The fourth-order valence-corrected chi connectivity index (χ4v) is 4.27. The predicted molar refractivity (Wildman–Crippen MR) is 115 cm³/mol. The molecule has 172 valence electrons. The Kier molecular flexibility index (Phi) is 4.94. The van der Waals surface area contributed by atoms with Gasteiger partial charge in [-0.3, -0.25) is 20.1 Å². The van der Waals surface area contributed by atoms with Gasteiger partial charge in [-0.1, -0.05) is 0 Å². The van der Waals surface area contributed by atoms with Crippen molar-refractivity contribution in [2.45, 2.75) is 38.4 Å². The highest BCUT2D eigenvalue weighted by Crippen LogP contribution is 2.39. The average Bonchev–Trinajstić information content (AvgIpc) is 3.36. The number of hydrogen-bond donors (Lipinski definition) is 2. The number of halogens is 3. The zero-order valence-electron chi connectivity index (χ0n) is 17.6. The maximum Gasteiger partial charge on any atom is 0.389 e. The molecular formula is C21H20F3N7O2. The van der Waals surface area contributed by atoms with E-state index in [4.69, 9.17) is 0 Å². The average molecular weight is 459 g/mol. The fourth-order valence-electron chi connectivity index (χ4n) is 4.27. The van der Waals surface area contributed by atoms with Crippen LogP contribution in [-0.4, -0.2) is 57.3 Å². The molecule has 2 amide bonds. The third-order valence-corrected chi connectivity index (χ3v) is 5.88. The number of amides is 2. The van der Waals surface area contributed by atoms with E-state index in [1.165, 1.54) is 11.0 Å². The largest absolute Gasteiger partial charge is 0.389 e. The number of aromatic amines is 1. The second-order valence-corrected chi connectivity index (χ2v) is 8.19. The predicted octanol–water partition coefficient (Wildman–Crippen LogP) is 3.82. The summed E-state index contributed by atoms with van der Waals surface area (Å²) in [5.41, 5.74) is 1.90. The van der Waals surface area contributed by atoms with Crippen LogP contribution in [-0.2, 0) is 0 Å². The first-order valence-corrected chi connectivity index (χ1v) is 10.5. The van der Waals surface area contributed by atoms with Crippen LogP contribution in [0.15, 0.2) is 24.3 Å². The number of aromatic nitrogens is 4. The number of fused-ring (bicyclic) bond motifs is 5. The van der Waals surface area contributed by atoms with Crippen LogP contribution in [0.2, 0.25) is 0 Å². The van der Waals surface area contributed by atoms with E-state index in [0.717, 1.165) is 5.69 Å². The van der Waals surface area contributed by atoms with Gasteiger partial charge in [0.25, 0.3) is 0 Å². The normalized spacial score (nSPS) is 17.4. The van der Waals surface area contributed by atoms with Crippen molar-refractivity contribution in [2.75, 3.05) is 28.2 Å². The van der Waals surface area contributed by atoms with Gasteiger partial charge in [0.05, 0.1) is 23.5 Å². The lowest BCUT2D eigenvalue weighted by atomic mass is 10.1. The Labute approximate surface area is 186 Å². The SMILES string of the molecule is Cc1ccc2c(NC(=O)N3c4nc(C(=O)CCC(F)(F)F)ccc4N4CC[C@H]3C4)n[nH]c2n1. The summed E-state index contributed by atoms with van der Waals surface area (Å²) in [5, 5.41) is 10.4. The number of urea groups is 1. The molecule has 2 N–H and O–H groups in total. The first kappa shape index (κ1) is 21.2. The minimum atomic E-state index is -4.43. The zero-order chi connectivity index (χ0) is 23.3. The number of Topliss-reactive ketones (excluding diaryl/α,β-unsaturated/α-hetero) is 1. The number of carbonyl (C=O) groups excluding carboxylic acids is 2. The first-order valence-electron chi connectivity index (χ1n) is 10.5. The summed E-state index contributed by atoms with van der Waals surface area (Å²) < 4.78 is 37.6. The number of anilines is 3. The number of hydrogen-bond acceptors (Lipinski definition) is 6. The van der Waals surface area contributed by atoms with Gasteiger partial charge in [-0.25, -0.2) is 14.8 Å². The van der Waals surface area contributed by atoms with E-state index in [1.807, 2.05) is 6.92 Å². The Hall–Kier alpha value is -3.70. The van der Waals surface area contributed by atoms with Crippen LogP contribution in [0.1, 0.15) is 35.4 Å². The van der Waals surface area contributed by atoms with Crippen molar-refractivity contribution in [3.8, 4) is 0 Å².